The molecule has 0 unspecified atom stereocenters. The Morgan fingerprint density at radius 1 is 1.07 bits per heavy atom. The van der Waals surface area contributed by atoms with Gasteiger partial charge in [-0.2, -0.15) is 0 Å². The summed E-state index contributed by atoms with van der Waals surface area (Å²) in [7, 11) is 0. The van der Waals surface area contributed by atoms with Crippen LogP contribution in [0.5, 0.6) is 0 Å². The van der Waals surface area contributed by atoms with Crippen LogP contribution in [0.2, 0.25) is 0 Å². The first kappa shape index (κ1) is 14.6. The molecule has 86 valence electrons. The summed E-state index contributed by atoms with van der Waals surface area (Å²) in [5.41, 5.74) is 1.48. The molecule has 15 heavy (non-hydrogen) atoms. The van der Waals surface area contributed by atoms with Crippen LogP contribution >= 0.6 is 0 Å². The van der Waals surface area contributed by atoms with Crippen molar-refractivity contribution in [2.24, 2.45) is 0 Å². The molecule has 0 atom stereocenters. The highest BCUT2D eigenvalue weighted by Crippen LogP contribution is 2.04. The zero-order valence-corrected chi connectivity index (χ0v) is 11.5. The van der Waals surface area contributed by atoms with E-state index in [2.05, 4.69) is 42.8 Å². The van der Waals surface area contributed by atoms with Gasteiger partial charge in [0.25, 0.3) is 0 Å². The van der Waals surface area contributed by atoms with E-state index in [-0.39, 0.29) is 17.0 Å². The van der Waals surface area contributed by atoms with Gasteiger partial charge in [-0.3, -0.25) is 0 Å². The van der Waals surface area contributed by atoms with Crippen LogP contribution in [0, 0.1) is 0 Å². The molecule has 1 aromatic heterocycles. The van der Waals surface area contributed by atoms with Crippen LogP contribution in [0.1, 0.15) is 45.2 Å². The van der Waals surface area contributed by atoms with Gasteiger partial charge in [-0.1, -0.05) is 32.3 Å². The van der Waals surface area contributed by atoms with E-state index in [1.807, 2.05) is 0 Å². The number of unbranched alkanes of at least 4 members (excludes halogenated alkanes) is 3. The van der Waals surface area contributed by atoms with Gasteiger partial charge in [0.2, 0.25) is 0 Å². The van der Waals surface area contributed by atoms with Crippen LogP contribution < -0.4 is 21.5 Å². The van der Waals surface area contributed by atoms with Gasteiger partial charge in [0.05, 0.1) is 0 Å². The summed E-state index contributed by atoms with van der Waals surface area (Å²) in [6.45, 7) is 5.55. The summed E-state index contributed by atoms with van der Waals surface area (Å²) in [4.78, 5) is 0. The molecule has 0 aliphatic carbocycles. The fourth-order valence-corrected chi connectivity index (χ4v) is 1.78. The van der Waals surface area contributed by atoms with Gasteiger partial charge in [-0.15, -0.1) is 0 Å². The molecular formula is C13H22BrN. The highest BCUT2D eigenvalue weighted by molar-refractivity contribution is 4.97. The van der Waals surface area contributed by atoms with Crippen molar-refractivity contribution in [2.75, 3.05) is 0 Å². The summed E-state index contributed by atoms with van der Waals surface area (Å²) in [5.74, 6) is 0. The number of aryl methyl sites for hydroxylation is 2. The van der Waals surface area contributed by atoms with Crippen molar-refractivity contribution in [2.45, 2.75) is 52.5 Å². The second-order valence-corrected chi connectivity index (χ2v) is 3.79. The van der Waals surface area contributed by atoms with Crippen LogP contribution in [0.15, 0.2) is 24.4 Å². The monoisotopic (exact) mass is 271 g/mol. The van der Waals surface area contributed by atoms with Gasteiger partial charge in [0.15, 0.2) is 11.9 Å². The molecule has 0 aromatic carbocycles. The molecule has 0 N–H and O–H groups in total. The third-order valence-corrected chi connectivity index (χ3v) is 2.66. The molecule has 0 bridgehead atoms. The molecule has 0 saturated heterocycles. The molecule has 1 heterocycles. The minimum absolute atomic E-state index is 0. The Labute approximate surface area is 104 Å². The van der Waals surface area contributed by atoms with Crippen molar-refractivity contribution >= 4 is 0 Å². The van der Waals surface area contributed by atoms with Crippen LogP contribution in [-0.4, -0.2) is 0 Å². The van der Waals surface area contributed by atoms with E-state index in [0.29, 0.717) is 0 Å². The lowest BCUT2D eigenvalue weighted by Gasteiger charge is -2.01. The summed E-state index contributed by atoms with van der Waals surface area (Å²) in [6, 6.07) is 6.50. The minimum atomic E-state index is 0. The largest absolute Gasteiger partial charge is 1.00 e. The maximum atomic E-state index is 2.34. The van der Waals surface area contributed by atoms with E-state index in [0.717, 1.165) is 6.54 Å². The van der Waals surface area contributed by atoms with Crippen molar-refractivity contribution in [1.82, 2.24) is 0 Å². The minimum Gasteiger partial charge on any atom is -1.00 e. The normalized spacial score (nSPS) is 9.73. The van der Waals surface area contributed by atoms with Crippen LogP contribution in [0.25, 0.3) is 0 Å². The van der Waals surface area contributed by atoms with E-state index in [4.69, 9.17) is 0 Å². The summed E-state index contributed by atoms with van der Waals surface area (Å²) >= 11 is 0. The Balaban J connectivity index is 0.00000196. The number of rotatable bonds is 6. The standard InChI is InChI=1S/C13H22N.BrH/c1-3-5-6-7-10-13-11-8-9-12-14(13)4-2;/h8-9,11-12H,3-7,10H2,1-2H3;1H/q+1;/p-1. The fraction of sp³-hybridized carbons (Fsp3) is 0.615. The first-order valence-corrected chi connectivity index (χ1v) is 5.85. The molecule has 0 radical (unpaired) electrons. The quantitative estimate of drug-likeness (QED) is 0.511. The highest BCUT2D eigenvalue weighted by Gasteiger charge is 2.05. The molecule has 1 rings (SSSR count). The summed E-state index contributed by atoms with van der Waals surface area (Å²) < 4.78 is 2.34. The first-order chi connectivity index (χ1) is 6.88. The van der Waals surface area contributed by atoms with Crippen molar-refractivity contribution in [3.05, 3.63) is 30.1 Å². The maximum absolute atomic E-state index is 2.34. The molecule has 0 spiro atoms. The highest BCUT2D eigenvalue weighted by atomic mass is 79.9. The van der Waals surface area contributed by atoms with E-state index >= 15 is 0 Å². The molecule has 0 aliphatic rings. The van der Waals surface area contributed by atoms with Gasteiger partial charge in [-0.05, 0) is 13.3 Å². The lowest BCUT2D eigenvalue weighted by Crippen LogP contribution is -3.00. The van der Waals surface area contributed by atoms with E-state index in [1.54, 1.807) is 0 Å². The third kappa shape index (κ3) is 5.31. The van der Waals surface area contributed by atoms with Crippen molar-refractivity contribution < 1.29 is 21.5 Å². The smallest absolute Gasteiger partial charge is 0.181 e. The molecular weight excluding hydrogens is 250 g/mol. The average molecular weight is 272 g/mol. The Kier molecular flexibility index (Phi) is 8.68. The molecule has 2 heteroatoms. The number of nitrogens with zero attached hydrogens (tertiary/aromatic N) is 1. The van der Waals surface area contributed by atoms with E-state index in [1.165, 1.54) is 37.8 Å². The number of hydrogen-bond donors (Lipinski definition) is 0. The number of hydrogen-bond acceptors (Lipinski definition) is 0. The Hall–Kier alpha value is -0.370. The summed E-state index contributed by atoms with van der Waals surface area (Å²) in [6.07, 6.45) is 8.80. The predicted molar refractivity (Wildman–Crippen MR) is 60.2 cm³/mol. The zero-order chi connectivity index (χ0) is 10.2. The Bertz CT molecular complexity index is 260. The van der Waals surface area contributed by atoms with Crippen LogP contribution in [-0.2, 0) is 13.0 Å². The number of pyridine rings is 1. The molecule has 1 nitrogen and oxygen atoms in total. The molecule has 0 saturated carbocycles. The topological polar surface area (TPSA) is 3.88 Å². The van der Waals surface area contributed by atoms with Gasteiger partial charge < -0.3 is 17.0 Å². The van der Waals surface area contributed by atoms with Gasteiger partial charge in [-0.25, -0.2) is 4.57 Å². The van der Waals surface area contributed by atoms with Crippen LogP contribution in [0.4, 0.5) is 0 Å². The van der Waals surface area contributed by atoms with Crippen molar-refractivity contribution in [3.8, 4) is 0 Å². The third-order valence-electron chi connectivity index (χ3n) is 2.66. The SMILES string of the molecule is CCCCCCc1cccc[n+]1CC.[Br-]. The number of aromatic nitrogens is 1. The lowest BCUT2D eigenvalue weighted by molar-refractivity contribution is -0.700. The molecule has 0 fully saturated rings. The molecule has 0 aliphatic heterocycles. The average Bonchev–Trinajstić information content (AvgIpc) is 2.25. The zero-order valence-electron chi connectivity index (χ0n) is 9.88. The van der Waals surface area contributed by atoms with E-state index in [9.17, 15) is 0 Å². The number of halogens is 1. The maximum Gasteiger partial charge on any atom is 0.181 e. The Morgan fingerprint density at radius 2 is 1.87 bits per heavy atom. The predicted octanol–water partition coefficient (Wildman–Crippen LogP) is 0.121. The second-order valence-electron chi connectivity index (χ2n) is 3.79. The Morgan fingerprint density at radius 3 is 2.53 bits per heavy atom. The van der Waals surface area contributed by atoms with Crippen LogP contribution in [0.3, 0.4) is 0 Å². The van der Waals surface area contributed by atoms with Gasteiger partial charge in [0, 0.05) is 18.6 Å². The van der Waals surface area contributed by atoms with Gasteiger partial charge >= 0.3 is 0 Å². The van der Waals surface area contributed by atoms with Crippen molar-refractivity contribution in [3.63, 3.8) is 0 Å². The second kappa shape index (κ2) is 8.90. The lowest BCUT2D eigenvalue weighted by atomic mass is 10.1. The van der Waals surface area contributed by atoms with E-state index < -0.39 is 0 Å². The van der Waals surface area contributed by atoms with Crippen molar-refractivity contribution in [1.29, 1.82) is 0 Å². The first-order valence-electron chi connectivity index (χ1n) is 5.85. The molecule has 1 aromatic rings. The van der Waals surface area contributed by atoms with Gasteiger partial charge in [0.1, 0.15) is 6.54 Å². The molecule has 0 amide bonds. The fourth-order valence-electron chi connectivity index (χ4n) is 1.78. The summed E-state index contributed by atoms with van der Waals surface area (Å²) in [5, 5.41) is 0.